The van der Waals surface area contributed by atoms with E-state index in [4.69, 9.17) is 0 Å². The van der Waals surface area contributed by atoms with Gasteiger partial charge in [-0.25, -0.2) is 18.3 Å². The third-order valence-electron chi connectivity index (χ3n) is 6.34. The molecule has 0 spiro atoms. The first kappa shape index (κ1) is 22.1. The van der Waals surface area contributed by atoms with Crippen molar-refractivity contribution in [1.82, 2.24) is 34.2 Å². The highest BCUT2D eigenvalue weighted by atomic mass is 19.2. The smallest absolute Gasteiger partial charge is 0.274 e. The molecule has 176 valence electrons. The summed E-state index contributed by atoms with van der Waals surface area (Å²) in [6.45, 7) is 7.19. The maximum absolute atomic E-state index is 14.0. The molecule has 0 aliphatic carbocycles. The van der Waals surface area contributed by atoms with Crippen LogP contribution in [0.4, 0.5) is 8.78 Å². The lowest BCUT2D eigenvalue weighted by atomic mass is 10.1. The minimum Gasteiger partial charge on any atom is -0.335 e. The quantitative estimate of drug-likeness (QED) is 0.453. The number of amides is 1. The molecular formula is C24H25F2N7O. The van der Waals surface area contributed by atoms with Gasteiger partial charge >= 0.3 is 0 Å². The molecule has 4 aromatic rings. The highest BCUT2D eigenvalue weighted by Crippen LogP contribution is 2.24. The second kappa shape index (κ2) is 8.94. The van der Waals surface area contributed by atoms with Crippen LogP contribution in [0, 0.1) is 18.6 Å². The topological polar surface area (TPSA) is 71.6 Å². The number of halogens is 2. The van der Waals surface area contributed by atoms with Gasteiger partial charge in [0.2, 0.25) is 0 Å². The zero-order valence-corrected chi connectivity index (χ0v) is 19.1. The lowest BCUT2D eigenvalue weighted by Gasteiger charge is -2.34. The van der Waals surface area contributed by atoms with Crippen molar-refractivity contribution in [2.75, 3.05) is 26.2 Å². The molecule has 5 rings (SSSR count). The van der Waals surface area contributed by atoms with E-state index in [1.165, 1.54) is 6.07 Å². The number of hydrogen-bond acceptors (Lipinski definition) is 5. The van der Waals surface area contributed by atoms with Crippen LogP contribution in [0.25, 0.3) is 16.9 Å². The van der Waals surface area contributed by atoms with Gasteiger partial charge in [-0.1, -0.05) is 12.1 Å². The lowest BCUT2D eigenvalue weighted by Crippen LogP contribution is -2.48. The number of aryl methyl sites for hydroxylation is 1. The molecule has 4 heterocycles. The summed E-state index contributed by atoms with van der Waals surface area (Å²) in [6.07, 6.45) is 3.51. The summed E-state index contributed by atoms with van der Waals surface area (Å²) >= 11 is 0. The average Bonchev–Trinajstić information content (AvgIpc) is 3.45. The van der Waals surface area contributed by atoms with E-state index in [9.17, 15) is 13.6 Å². The van der Waals surface area contributed by atoms with Gasteiger partial charge in [0.15, 0.2) is 23.0 Å². The van der Waals surface area contributed by atoms with E-state index in [2.05, 4.69) is 15.2 Å². The van der Waals surface area contributed by atoms with Gasteiger partial charge in [-0.05, 0) is 26.0 Å². The van der Waals surface area contributed by atoms with E-state index in [1.807, 2.05) is 29.5 Å². The first-order chi connectivity index (χ1) is 16.5. The molecule has 1 aromatic carbocycles. The van der Waals surface area contributed by atoms with Crippen molar-refractivity contribution in [2.45, 2.75) is 26.9 Å². The van der Waals surface area contributed by atoms with Crippen LogP contribution in [-0.2, 0) is 13.1 Å². The molecule has 3 aromatic heterocycles. The Morgan fingerprint density at radius 2 is 1.91 bits per heavy atom. The van der Waals surface area contributed by atoms with Gasteiger partial charge in [0.1, 0.15) is 0 Å². The van der Waals surface area contributed by atoms with Crippen LogP contribution in [0.1, 0.15) is 28.7 Å². The highest BCUT2D eigenvalue weighted by molar-refractivity contribution is 5.93. The molecule has 0 radical (unpaired) electrons. The molecule has 1 fully saturated rings. The van der Waals surface area contributed by atoms with E-state index in [1.54, 1.807) is 33.9 Å². The largest absolute Gasteiger partial charge is 0.335 e. The number of fused-ring (bicyclic) bond motifs is 1. The zero-order chi connectivity index (χ0) is 23.8. The maximum atomic E-state index is 14.0. The van der Waals surface area contributed by atoms with E-state index < -0.39 is 11.6 Å². The van der Waals surface area contributed by atoms with Gasteiger partial charge < -0.3 is 4.90 Å². The first-order valence-electron chi connectivity index (χ1n) is 11.3. The Hall–Kier alpha value is -3.66. The molecule has 0 unspecified atom stereocenters. The Balaban J connectivity index is 1.31. The molecule has 1 saturated heterocycles. The molecule has 1 aliphatic rings. The fraction of sp³-hybridized carbons (Fsp3) is 0.333. The van der Waals surface area contributed by atoms with Crippen molar-refractivity contribution < 1.29 is 13.6 Å². The number of aromatic nitrogens is 5. The Kier molecular flexibility index (Phi) is 5.82. The number of rotatable bonds is 5. The van der Waals surface area contributed by atoms with Crippen molar-refractivity contribution in [1.29, 1.82) is 0 Å². The van der Waals surface area contributed by atoms with Crippen LogP contribution in [0.5, 0.6) is 0 Å². The minimum atomic E-state index is -0.844. The number of carbonyl (C=O) groups excluding carboxylic acids is 1. The molecule has 1 amide bonds. The average molecular weight is 466 g/mol. The molecular weight excluding hydrogens is 440 g/mol. The summed E-state index contributed by atoms with van der Waals surface area (Å²) in [5, 5.41) is 8.98. The van der Waals surface area contributed by atoms with E-state index >= 15 is 0 Å². The van der Waals surface area contributed by atoms with Gasteiger partial charge in [-0.15, -0.1) is 0 Å². The molecule has 10 heteroatoms. The number of piperazine rings is 1. The van der Waals surface area contributed by atoms with Crippen LogP contribution in [0.15, 0.2) is 42.7 Å². The Labute approximate surface area is 195 Å². The second-order valence-corrected chi connectivity index (χ2v) is 8.37. The number of nitrogens with zero attached hydrogens (tertiary/aromatic N) is 7. The summed E-state index contributed by atoms with van der Waals surface area (Å²) in [7, 11) is 0. The molecule has 0 saturated carbocycles. The third kappa shape index (κ3) is 3.94. The van der Waals surface area contributed by atoms with Crippen molar-refractivity contribution >= 4 is 11.6 Å². The van der Waals surface area contributed by atoms with E-state index in [-0.39, 0.29) is 5.91 Å². The number of carbonyl (C=O) groups is 1. The fourth-order valence-electron chi connectivity index (χ4n) is 4.40. The monoisotopic (exact) mass is 465 g/mol. The maximum Gasteiger partial charge on any atom is 0.274 e. The second-order valence-electron chi connectivity index (χ2n) is 8.37. The molecule has 34 heavy (non-hydrogen) atoms. The van der Waals surface area contributed by atoms with Crippen LogP contribution in [-0.4, -0.2) is 66.3 Å². The molecule has 0 N–H and O–H groups in total. The predicted octanol–water partition coefficient (Wildman–Crippen LogP) is 3.16. The summed E-state index contributed by atoms with van der Waals surface area (Å²) in [6, 6.07) is 7.77. The SMILES string of the molecule is CCn1ncc(-c2ccnc3cc(C(=O)N4CCN(Cc5cccc(F)c5F)CC4)nn23)c1C. The molecule has 0 bridgehead atoms. The van der Waals surface area contributed by atoms with Crippen molar-refractivity contribution in [2.24, 2.45) is 0 Å². The summed E-state index contributed by atoms with van der Waals surface area (Å²) in [4.78, 5) is 21.3. The Morgan fingerprint density at radius 3 is 2.65 bits per heavy atom. The van der Waals surface area contributed by atoms with Crippen LogP contribution >= 0.6 is 0 Å². The normalized spacial score (nSPS) is 14.8. The van der Waals surface area contributed by atoms with E-state index in [0.29, 0.717) is 49.6 Å². The minimum absolute atomic E-state index is 0.172. The molecule has 1 aliphatic heterocycles. The van der Waals surface area contributed by atoms with Gasteiger partial charge in [0.05, 0.1) is 11.9 Å². The lowest BCUT2D eigenvalue weighted by molar-refractivity contribution is 0.0621. The van der Waals surface area contributed by atoms with E-state index in [0.717, 1.165) is 29.6 Å². The van der Waals surface area contributed by atoms with Gasteiger partial charge in [-0.3, -0.25) is 14.4 Å². The van der Waals surface area contributed by atoms with Crippen molar-refractivity contribution in [3.05, 3.63) is 71.3 Å². The Morgan fingerprint density at radius 1 is 1.12 bits per heavy atom. The number of benzene rings is 1. The fourth-order valence-corrected chi connectivity index (χ4v) is 4.40. The Bertz CT molecular complexity index is 1350. The zero-order valence-electron chi connectivity index (χ0n) is 19.1. The first-order valence-corrected chi connectivity index (χ1v) is 11.3. The molecule has 0 atom stereocenters. The summed E-state index contributed by atoms with van der Waals surface area (Å²) in [5.74, 6) is -1.83. The van der Waals surface area contributed by atoms with Gasteiger partial charge in [0, 0.05) is 68.4 Å². The highest BCUT2D eigenvalue weighted by Gasteiger charge is 2.25. The van der Waals surface area contributed by atoms with Crippen LogP contribution < -0.4 is 0 Å². The van der Waals surface area contributed by atoms with Crippen molar-refractivity contribution in [3.8, 4) is 11.3 Å². The number of hydrogen-bond donors (Lipinski definition) is 0. The summed E-state index contributed by atoms with van der Waals surface area (Å²) < 4.78 is 31.1. The predicted molar refractivity (Wildman–Crippen MR) is 122 cm³/mol. The van der Waals surface area contributed by atoms with Gasteiger partial charge in [0.25, 0.3) is 5.91 Å². The molecule has 8 nitrogen and oxygen atoms in total. The van der Waals surface area contributed by atoms with Crippen molar-refractivity contribution in [3.63, 3.8) is 0 Å². The standard InChI is InChI=1S/C24H25F2N7O/c1-3-32-16(2)18(14-28-32)21-7-8-27-22-13-20(29-33(21)22)24(34)31-11-9-30(10-12-31)15-17-5-4-6-19(25)23(17)26/h4-8,13-14H,3,9-12,15H2,1-2H3. The van der Waals surface area contributed by atoms with Crippen LogP contribution in [0.2, 0.25) is 0 Å². The third-order valence-corrected chi connectivity index (χ3v) is 6.34. The van der Waals surface area contributed by atoms with Crippen LogP contribution in [0.3, 0.4) is 0 Å². The van der Waals surface area contributed by atoms with Gasteiger partial charge in [-0.2, -0.15) is 10.2 Å². The summed E-state index contributed by atoms with van der Waals surface area (Å²) in [5.41, 5.74) is 4.01.